The van der Waals surface area contributed by atoms with Crippen LogP contribution in [0.25, 0.3) is 0 Å². The molecule has 0 bridgehead atoms. The summed E-state index contributed by atoms with van der Waals surface area (Å²) in [6, 6.07) is 5.32. The number of carbonyl (C=O) groups is 1. The second-order valence-corrected chi connectivity index (χ2v) is 4.15. The third-order valence-corrected chi connectivity index (χ3v) is 3.05. The van der Waals surface area contributed by atoms with Crippen molar-refractivity contribution in [1.29, 1.82) is 5.26 Å². The van der Waals surface area contributed by atoms with Crippen LogP contribution in [0.4, 0.5) is 5.82 Å². The fourth-order valence-electron chi connectivity index (χ4n) is 1.47. The van der Waals surface area contributed by atoms with Crippen molar-refractivity contribution in [1.82, 2.24) is 4.98 Å². The highest BCUT2D eigenvalue weighted by molar-refractivity contribution is 6.30. The van der Waals surface area contributed by atoms with Crippen LogP contribution in [0.2, 0.25) is 5.02 Å². The molecule has 0 unspecified atom stereocenters. The predicted octanol–water partition coefficient (Wildman–Crippen LogP) is 3.00. The molecule has 5 heteroatoms. The van der Waals surface area contributed by atoms with Crippen molar-refractivity contribution < 1.29 is 4.79 Å². The van der Waals surface area contributed by atoms with Crippen LogP contribution in [0.15, 0.2) is 18.3 Å². The Morgan fingerprint density at radius 3 is 2.59 bits per heavy atom. The lowest BCUT2D eigenvalue weighted by Gasteiger charge is -2.21. The number of nitriles is 1. The van der Waals surface area contributed by atoms with Crippen LogP contribution < -0.4 is 5.32 Å². The van der Waals surface area contributed by atoms with E-state index in [1.54, 1.807) is 12.1 Å². The molecule has 1 N–H and O–H groups in total. The number of pyridine rings is 1. The number of hydrogen-bond acceptors (Lipinski definition) is 3. The van der Waals surface area contributed by atoms with E-state index in [1.165, 1.54) is 6.20 Å². The first-order valence-electron chi connectivity index (χ1n) is 5.42. The van der Waals surface area contributed by atoms with Gasteiger partial charge in [0, 0.05) is 6.20 Å². The zero-order valence-electron chi connectivity index (χ0n) is 9.83. The van der Waals surface area contributed by atoms with Crippen LogP contribution >= 0.6 is 11.6 Å². The van der Waals surface area contributed by atoms with Gasteiger partial charge in [0.1, 0.15) is 11.2 Å². The van der Waals surface area contributed by atoms with Crippen molar-refractivity contribution in [2.24, 2.45) is 5.41 Å². The van der Waals surface area contributed by atoms with Gasteiger partial charge in [-0.1, -0.05) is 25.4 Å². The molecule has 0 atom stereocenters. The van der Waals surface area contributed by atoms with E-state index in [1.807, 2.05) is 13.8 Å². The predicted molar refractivity (Wildman–Crippen MR) is 66.5 cm³/mol. The molecule has 1 amide bonds. The van der Waals surface area contributed by atoms with Crippen LogP contribution in [0.5, 0.6) is 0 Å². The van der Waals surface area contributed by atoms with E-state index in [9.17, 15) is 4.79 Å². The maximum atomic E-state index is 12.0. The minimum absolute atomic E-state index is 0.320. The van der Waals surface area contributed by atoms with E-state index in [-0.39, 0.29) is 5.91 Å². The first-order chi connectivity index (χ1) is 8.07. The van der Waals surface area contributed by atoms with Crippen LogP contribution in [0.3, 0.4) is 0 Å². The first kappa shape index (κ1) is 13.5. The summed E-state index contributed by atoms with van der Waals surface area (Å²) in [7, 11) is 0. The van der Waals surface area contributed by atoms with Gasteiger partial charge in [-0.05, 0) is 25.0 Å². The molecular formula is C12H14ClN3O. The number of nitrogens with zero attached hydrogens (tertiary/aromatic N) is 2. The van der Waals surface area contributed by atoms with E-state index >= 15 is 0 Å². The van der Waals surface area contributed by atoms with Crippen LogP contribution in [-0.2, 0) is 4.79 Å². The molecule has 4 nitrogen and oxygen atoms in total. The first-order valence-corrected chi connectivity index (χ1v) is 5.80. The molecule has 1 heterocycles. The van der Waals surface area contributed by atoms with Crippen molar-refractivity contribution >= 4 is 23.3 Å². The molecule has 0 radical (unpaired) electrons. The van der Waals surface area contributed by atoms with Crippen molar-refractivity contribution in [3.05, 3.63) is 23.4 Å². The van der Waals surface area contributed by atoms with Crippen molar-refractivity contribution in [3.63, 3.8) is 0 Å². The topological polar surface area (TPSA) is 65.8 Å². The van der Waals surface area contributed by atoms with Crippen molar-refractivity contribution in [2.45, 2.75) is 26.7 Å². The average molecular weight is 252 g/mol. The molecule has 0 spiro atoms. The Morgan fingerprint density at radius 1 is 1.53 bits per heavy atom. The maximum absolute atomic E-state index is 12.0. The third-order valence-electron chi connectivity index (χ3n) is 2.82. The summed E-state index contributed by atoms with van der Waals surface area (Å²) in [5.74, 6) is 0.0840. The smallest absolute Gasteiger partial charge is 0.245 e. The minimum Gasteiger partial charge on any atom is -0.309 e. The molecule has 17 heavy (non-hydrogen) atoms. The summed E-state index contributed by atoms with van der Waals surface area (Å²) in [5.41, 5.74) is -0.985. The maximum Gasteiger partial charge on any atom is 0.245 e. The average Bonchev–Trinajstić information content (AvgIpc) is 2.35. The number of rotatable bonds is 4. The second-order valence-electron chi connectivity index (χ2n) is 3.72. The molecule has 0 aliphatic rings. The Balaban J connectivity index is 2.85. The molecule has 1 aromatic rings. The van der Waals surface area contributed by atoms with Gasteiger partial charge in [0.25, 0.3) is 0 Å². The summed E-state index contributed by atoms with van der Waals surface area (Å²) < 4.78 is 0. The molecule has 0 aliphatic heterocycles. The Morgan fingerprint density at radius 2 is 2.18 bits per heavy atom. The number of hydrogen-bond donors (Lipinski definition) is 1. The van der Waals surface area contributed by atoms with Gasteiger partial charge in [-0.2, -0.15) is 5.26 Å². The molecule has 1 aromatic heterocycles. The zero-order chi connectivity index (χ0) is 12.9. The van der Waals surface area contributed by atoms with Gasteiger partial charge in [-0.15, -0.1) is 0 Å². The fraction of sp³-hybridized carbons (Fsp3) is 0.417. The van der Waals surface area contributed by atoms with E-state index < -0.39 is 5.41 Å². The summed E-state index contributed by atoms with van der Waals surface area (Å²) in [6.07, 6.45) is 2.39. The van der Waals surface area contributed by atoms with Gasteiger partial charge in [0.05, 0.1) is 11.1 Å². The zero-order valence-corrected chi connectivity index (χ0v) is 10.6. The Bertz CT molecular complexity index is 432. The number of carbonyl (C=O) groups excluding carboxylic acids is 1. The normalized spacial score (nSPS) is 10.7. The lowest BCUT2D eigenvalue weighted by molar-refractivity contribution is -0.123. The number of anilines is 1. The highest BCUT2D eigenvalue weighted by Crippen LogP contribution is 2.27. The van der Waals surface area contributed by atoms with Gasteiger partial charge >= 0.3 is 0 Å². The summed E-state index contributed by atoms with van der Waals surface area (Å²) >= 11 is 5.69. The monoisotopic (exact) mass is 251 g/mol. The Kier molecular flexibility index (Phi) is 4.47. The number of aromatic nitrogens is 1. The quantitative estimate of drug-likeness (QED) is 0.895. The number of nitrogens with one attached hydrogen (secondary N) is 1. The number of amides is 1. The summed E-state index contributed by atoms with van der Waals surface area (Å²) in [6.45, 7) is 3.64. The van der Waals surface area contributed by atoms with E-state index in [4.69, 9.17) is 16.9 Å². The second kappa shape index (κ2) is 5.65. The SMILES string of the molecule is CCC(C#N)(CC)C(=O)Nc1ccc(Cl)cn1. The van der Waals surface area contributed by atoms with Gasteiger partial charge in [-0.25, -0.2) is 4.98 Å². The van der Waals surface area contributed by atoms with E-state index in [0.717, 1.165) is 0 Å². The Labute approximate surface area is 106 Å². The van der Waals surface area contributed by atoms with Gasteiger partial charge in [0.2, 0.25) is 5.91 Å². The summed E-state index contributed by atoms with van der Waals surface area (Å²) in [4.78, 5) is 16.0. The lowest BCUT2D eigenvalue weighted by atomic mass is 9.83. The molecule has 90 valence electrons. The van der Waals surface area contributed by atoms with E-state index in [2.05, 4.69) is 16.4 Å². The highest BCUT2D eigenvalue weighted by Gasteiger charge is 2.35. The van der Waals surface area contributed by atoms with Gasteiger partial charge in [-0.3, -0.25) is 4.79 Å². The fourth-order valence-corrected chi connectivity index (χ4v) is 1.58. The lowest BCUT2D eigenvalue weighted by Crippen LogP contribution is -2.34. The Hall–Kier alpha value is -1.60. The third kappa shape index (κ3) is 2.95. The van der Waals surface area contributed by atoms with Gasteiger partial charge < -0.3 is 5.32 Å². The van der Waals surface area contributed by atoms with Crippen LogP contribution in [0, 0.1) is 16.7 Å². The molecule has 1 rings (SSSR count). The number of halogens is 1. The van der Waals surface area contributed by atoms with Crippen molar-refractivity contribution in [2.75, 3.05) is 5.32 Å². The van der Waals surface area contributed by atoms with Gasteiger partial charge in [0.15, 0.2) is 0 Å². The molecule has 0 saturated carbocycles. The van der Waals surface area contributed by atoms with Crippen LogP contribution in [-0.4, -0.2) is 10.9 Å². The largest absolute Gasteiger partial charge is 0.309 e. The highest BCUT2D eigenvalue weighted by atomic mass is 35.5. The van der Waals surface area contributed by atoms with Crippen LogP contribution in [0.1, 0.15) is 26.7 Å². The van der Waals surface area contributed by atoms with E-state index in [0.29, 0.717) is 23.7 Å². The molecule has 0 aromatic carbocycles. The molecule has 0 fully saturated rings. The summed E-state index contributed by atoms with van der Waals surface area (Å²) in [5, 5.41) is 12.2. The minimum atomic E-state index is -0.985. The molecule has 0 saturated heterocycles. The molecule has 0 aliphatic carbocycles. The van der Waals surface area contributed by atoms with Crippen molar-refractivity contribution in [3.8, 4) is 6.07 Å². The molecular weight excluding hydrogens is 238 g/mol. The standard InChI is InChI=1S/C12H14ClN3O/c1-3-12(4-2,8-14)11(17)16-10-6-5-9(13)7-15-10/h5-7H,3-4H2,1-2H3,(H,15,16,17).